The molecule has 0 aromatic heterocycles. The number of hydrogen-bond donors (Lipinski definition) is 2. The summed E-state index contributed by atoms with van der Waals surface area (Å²) in [6.07, 6.45) is 1.17. The summed E-state index contributed by atoms with van der Waals surface area (Å²) in [5.74, 6) is 3.33. The zero-order valence-electron chi connectivity index (χ0n) is 6.49. The third-order valence-corrected chi connectivity index (χ3v) is 1.25. The Kier molecular flexibility index (Phi) is 5.94. The van der Waals surface area contributed by atoms with Gasteiger partial charge in [-0.25, -0.2) is 4.79 Å². The molecule has 0 saturated heterocycles. The van der Waals surface area contributed by atoms with Crippen LogP contribution >= 0.6 is 0 Å². The molecule has 12 heavy (non-hydrogen) atoms. The average Bonchev–Trinajstić information content (AvgIpc) is 2.11. The van der Waals surface area contributed by atoms with E-state index in [9.17, 15) is 9.59 Å². The zero-order valence-corrected chi connectivity index (χ0v) is 6.49. The van der Waals surface area contributed by atoms with Gasteiger partial charge < -0.3 is 9.73 Å². The van der Waals surface area contributed by atoms with Crippen LogP contribution in [0.1, 0.15) is 25.7 Å². The molecule has 0 atom stereocenters. The Labute approximate surface area is 69.1 Å². The van der Waals surface area contributed by atoms with Crippen LogP contribution in [0.3, 0.4) is 0 Å². The normalized spacial score (nSPS) is 9.17. The molecule has 70 valence electrons. The maximum atomic E-state index is 10.4. The van der Waals surface area contributed by atoms with Crippen LogP contribution in [0.4, 0.5) is 0 Å². The van der Waals surface area contributed by atoms with E-state index in [-0.39, 0.29) is 12.8 Å². The Balaban J connectivity index is 3.21. The average molecular weight is 177 g/mol. The number of unbranched alkanes of at least 4 members (excludes halogenated alkanes) is 1. The first kappa shape index (κ1) is 10.9. The van der Waals surface area contributed by atoms with E-state index in [1.165, 1.54) is 0 Å². The number of nitrogens with two attached hydrogens (primary N) is 1. The molecular formula is C6H11NO5. The predicted molar refractivity (Wildman–Crippen MR) is 37.5 cm³/mol. The topological polar surface area (TPSA) is 98.9 Å². The summed E-state index contributed by atoms with van der Waals surface area (Å²) >= 11 is 0. The molecule has 6 heteroatoms. The zero-order chi connectivity index (χ0) is 9.40. The van der Waals surface area contributed by atoms with Crippen molar-refractivity contribution >= 4 is 11.9 Å². The van der Waals surface area contributed by atoms with Crippen molar-refractivity contribution in [3.05, 3.63) is 0 Å². The molecule has 0 aromatic carbocycles. The van der Waals surface area contributed by atoms with Gasteiger partial charge in [0.15, 0.2) is 0 Å². The molecular weight excluding hydrogens is 166 g/mol. The van der Waals surface area contributed by atoms with Gasteiger partial charge in [-0.15, -0.1) is 0 Å². The molecule has 0 aliphatic rings. The summed E-state index contributed by atoms with van der Waals surface area (Å²) in [5.41, 5.74) is 0. The van der Waals surface area contributed by atoms with E-state index in [1.807, 2.05) is 0 Å². The fraction of sp³-hybridized carbons (Fsp3) is 0.667. The first-order chi connectivity index (χ1) is 5.70. The van der Waals surface area contributed by atoms with Crippen LogP contribution in [0.25, 0.3) is 0 Å². The van der Waals surface area contributed by atoms with E-state index in [0.717, 1.165) is 0 Å². The highest BCUT2D eigenvalue weighted by atomic mass is 17.1. The Hall–Kier alpha value is -1.14. The number of hydrogen-bond acceptors (Lipinski definition) is 6. The summed E-state index contributed by atoms with van der Waals surface area (Å²) in [5, 5.41) is 7.83. The second-order valence-electron chi connectivity index (χ2n) is 2.16. The number of carbonyl (C=O) groups is 2. The highest BCUT2D eigenvalue weighted by molar-refractivity contribution is 5.69. The van der Waals surface area contributed by atoms with Gasteiger partial charge in [0.25, 0.3) is 0 Å². The van der Waals surface area contributed by atoms with Crippen molar-refractivity contribution in [1.29, 1.82) is 0 Å². The van der Waals surface area contributed by atoms with Crippen LogP contribution < -0.4 is 5.90 Å². The van der Waals surface area contributed by atoms with E-state index >= 15 is 0 Å². The summed E-state index contributed by atoms with van der Waals surface area (Å²) in [6.45, 7) is 0. The van der Waals surface area contributed by atoms with E-state index in [0.29, 0.717) is 12.8 Å². The minimum atomic E-state index is -0.712. The third kappa shape index (κ3) is 5.63. The molecule has 0 unspecified atom stereocenters. The molecule has 0 aliphatic carbocycles. The SMILES string of the molecule is NOC(=O)CCCCC(=O)OO. The van der Waals surface area contributed by atoms with Crippen LogP contribution in [-0.4, -0.2) is 17.2 Å². The summed E-state index contributed by atoms with van der Waals surface area (Å²) in [7, 11) is 0. The van der Waals surface area contributed by atoms with Gasteiger partial charge in [-0.3, -0.25) is 4.79 Å². The fourth-order valence-corrected chi connectivity index (χ4v) is 0.643. The van der Waals surface area contributed by atoms with Crippen molar-refractivity contribution in [3.63, 3.8) is 0 Å². The second-order valence-corrected chi connectivity index (χ2v) is 2.16. The van der Waals surface area contributed by atoms with Crippen LogP contribution in [0.2, 0.25) is 0 Å². The monoisotopic (exact) mass is 177 g/mol. The maximum Gasteiger partial charge on any atom is 0.342 e. The minimum absolute atomic E-state index is 0.0777. The van der Waals surface area contributed by atoms with Gasteiger partial charge in [-0.1, -0.05) is 0 Å². The molecule has 0 rings (SSSR count). The van der Waals surface area contributed by atoms with Crippen LogP contribution in [0.5, 0.6) is 0 Å². The van der Waals surface area contributed by atoms with Gasteiger partial charge in [0.2, 0.25) is 0 Å². The lowest BCUT2D eigenvalue weighted by atomic mass is 10.2. The fourth-order valence-electron chi connectivity index (χ4n) is 0.643. The lowest BCUT2D eigenvalue weighted by Crippen LogP contribution is -2.09. The van der Waals surface area contributed by atoms with Crippen molar-refractivity contribution in [2.75, 3.05) is 0 Å². The largest absolute Gasteiger partial charge is 0.373 e. The van der Waals surface area contributed by atoms with E-state index < -0.39 is 11.9 Å². The Morgan fingerprint density at radius 2 is 1.67 bits per heavy atom. The highest BCUT2D eigenvalue weighted by Gasteiger charge is 2.04. The Bertz CT molecular complexity index is 140. The van der Waals surface area contributed by atoms with Crippen molar-refractivity contribution in [2.45, 2.75) is 25.7 Å². The van der Waals surface area contributed by atoms with Gasteiger partial charge in [0, 0.05) is 12.8 Å². The van der Waals surface area contributed by atoms with E-state index in [4.69, 9.17) is 5.26 Å². The third-order valence-electron chi connectivity index (χ3n) is 1.25. The van der Waals surface area contributed by atoms with Crippen LogP contribution in [-0.2, 0) is 19.3 Å². The van der Waals surface area contributed by atoms with Gasteiger partial charge in [-0.2, -0.15) is 11.2 Å². The van der Waals surface area contributed by atoms with Crippen molar-refractivity contribution in [1.82, 2.24) is 0 Å². The molecule has 0 radical (unpaired) electrons. The Morgan fingerprint density at radius 3 is 2.08 bits per heavy atom. The Morgan fingerprint density at radius 1 is 1.17 bits per heavy atom. The second kappa shape index (κ2) is 6.56. The quantitative estimate of drug-likeness (QED) is 0.348. The number of rotatable bonds is 5. The molecule has 0 spiro atoms. The molecule has 0 amide bonds. The number of carbonyl (C=O) groups excluding carboxylic acids is 2. The van der Waals surface area contributed by atoms with Gasteiger partial charge in [0.1, 0.15) is 0 Å². The van der Waals surface area contributed by atoms with Gasteiger partial charge >= 0.3 is 11.9 Å². The van der Waals surface area contributed by atoms with Crippen LogP contribution in [0.15, 0.2) is 0 Å². The lowest BCUT2D eigenvalue weighted by Gasteiger charge is -1.97. The van der Waals surface area contributed by atoms with E-state index in [1.54, 1.807) is 0 Å². The molecule has 0 saturated carbocycles. The lowest BCUT2D eigenvalue weighted by molar-refractivity contribution is -0.234. The molecule has 0 bridgehead atoms. The van der Waals surface area contributed by atoms with Crippen molar-refractivity contribution in [2.24, 2.45) is 5.90 Å². The van der Waals surface area contributed by atoms with Crippen molar-refractivity contribution in [3.8, 4) is 0 Å². The molecule has 6 nitrogen and oxygen atoms in total. The minimum Gasteiger partial charge on any atom is -0.373 e. The predicted octanol–water partition coefficient (Wildman–Crippen LogP) is -0.0201. The standard InChI is InChI=1S/C6H11NO5/c7-11-5(8)3-1-2-4-6(9)12-10/h10H,1-4,7H2. The van der Waals surface area contributed by atoms with Gasteiger partial charge in [-0.05, 0) is 12.8 Å². The maximum absolute atomic E-state index is 10.4. The molecule has 0 heterocycles. The van der Waals surface area contributed by atoms with Crippen molar-refractivity contribution < 1.29 is 24.6 Å². The molecule has 3 N–H and O–H groups in total. The van der Waals surface area contributed by atoms with Crippen LogP contribution in [0, 0.1) is 0 Å². The first-order valence-electron chi connectivity index (χ1n) is 3.44. The van der Waals surface area contributed by atoms with Gasteiger partial charge in [0.05, 0.1) is 0 Å². The molecule has 0 aliphatic heterocycles. The summed E-state index contributed by atoms with van der Waals surface area (Å²) in [6, 6.07) is 0. The molecule has 0 fully saturated rings. The first-order valence-corrected chi connectivity index (χ1v) is 3.44. The molecule has 0 aromatic rings. The summed E-state index contributed by atoms with van der Waals surface area (Å²) in [4.78, 5) is 28.0. The summed E-state index contributed by atoms with van der Waals surface area (Å²) < 4.78 is 0. The highest BCUT2D eigenvalue weighted by Crippen LogP contribution is 2.01. The van der Waals surface area contributed by atoms with E-state index in [2.05, 4.69) is 15.6 Å². The smallest absolute Gasteiger partial charge is 0.342 e.